The summed E-state index contributed by atoms with van der Waals surface area (Å²) in [5.74, 6) is -2.73. The zero-order chi connectivity index (χ0) is 24.4. The van der Waals surface area contributed by atoms with Gasteiger partial charge >= 0.3 is 17.9 Å². The molecule has 0 aliphatic carbocycles. The number of nitrogens with zero attached hydrogens (tertiary/aromatic N) is 1. The van der Waals surface area contributed by atoms with Gasteiger partial charge in [-0.2, -0.15) is 0 Å². The number of hydrogen-bond acceptors (Lipinski definition) is 9. The van der Waals surface area contributed by atoms with E-state index in [4.69, 9.17) is 43.1 Å². The predicted molar refractivity (Wildman–Crippen MR) is 116 cm³/mol. The summed E-state index contributed by atoms with van der Waals surface area (Å²) in [4.78, 5) is 50.6. The molecule has 0 bridgehead atoms. The summed E-state index contributed by atoms with van der Waals surface area (Å²) in [5, 5.41) is 0.404. The van der Waals surface area contributed by atoms with Crippen molar-refractivity contribution in [2.24, 2.45) is 5.73 Å². The first kappa shape index (κ1) is 25.9. The smallest absolute Gasteiger partial charge is 0.345 e. The number of rotatable bonds is 11. The van der Waals surface area contributed by atoms with E-state index >= 15 is 0 Å². The molecule has 1 aromatic heterocycles. The third-order valence-electron chi connectivity index (χ3n) is 4.01. The molecule has 1 heterocycles. The Hall–Kier alpha value is -3.37. The summed E-state index contributed by atoms with van der Waals surface area (Å²) < 4.78 is 19.6. The van der Waals surface area contributed by atoms with Crippen molar-refractivity contribution in [3.8, 4) is 5.75 Å². The van der Waals surface area contributed by atoms with Crippen LogP contribution < -0.4 is 10.5 Å². The molecule has 0 aliphatic heterocycles. The van der Waals surface area contributed by atoms with E-state index in [1.807, 2.05) is 0 Å². The van der Waals surface area contributed by atoms with Gasteiger partial charge in [0.2, 0.25) is 0 Å². The Kier molecular flexibility index (Phi) is 9.89. The molecular formula is C21H20Cl2N2O8. The van der Waals surface area contributed by atoms with Crippen LogP contribution in [0.2, 0.25) is 10.2 Å². The standard InChI is InChI=1S/C21H20Cl2N2O8/c1-30-19(27)10-31-15-4-2-12(3-5-15)6-16(21(24)29)33-20(28)11-32-18(26)9-14-7-13(22)8-17(23)25-14/h2-5,7-8,16H,6,9-11H2,1H3,(H2,24,29). The molecule has 176 valence electrons. The first-order valence-corrected chi connectivity index (χ1v) is 10.2. The Morgan fingerprint density at radius 2 is 1.70 bits per heavy atom. The van der Waals surface area contributed by atoms with Crippen molar-refractivity contribution < 1.29 is 38.1 Å². The normalized spacial score (nSPS) is 11.2. The highest BCUT2D eigenvalue weighted by Crippen LogP contribution is 2.16. The third-order valence-corrected chi connectivity index (χ3v) is 4.42. The Labute approximate surface area is 198 Å². The van der Waals surface area contributed by atoms with E-state index in [2.05, 4.69) is 9.72 Å². The fourth-order valence-electron chi connectivity index (χ4n) is 2.48. The maximum Gasteiger partial charge on any atom is 0.345 e. The molecule has 0 radical (unpaired) electrons. The maximum absolute atomic E-state index is 12.0. The summed E-state index contributed by atoms with van der Waals surface area (Å²) in [6.45, 7) is -0.978. The lowest BCUT2D eigenvalue weighted by molar-refractivity contribution is -0.164. The topological polar surface area (TPSA) is 144 Å². The summed E-state index contributed by atoms with van der Waals surface area (Å²) >= 11 is 11.6. The van der Waals surface area contributed by atoms with Crippen LogP contribution >= 0.6 is 23.2 Å². The number of benzene rings is 1. The van der Waals surface area contributed by atoms with Crippen LogP contribution in [0.25, 0.3) is 0 Å². The average Bonchev–Trinajstić information content (AvgIpc) is 2.75. The number of nitrogens with two attached hydrogens (primary N) is 1. The first-order valence-electron chi connectivity index (χ1n) is 9.41. The lowest BCUT2D eigenvalue weighted by atomic mass is 10.1. The van der Waals surface area contributed by atoms with Gasteiger partial charge in [0.15, 0.2) is 19.3 Å². The lowest BCUT2D eigenvalue weighted by Crippen LogP contribution is -2.36. The van der Waals surface area contributed by atoms with Gasteiger partial charge in [-0.05, 0) is 29.8 Å². The summed E-state index contributed by atoms with van der Waals surface area (Å²) in [6.07, 6.45) is -1.57. The Bertz CT molecular complexity index is 994. The fraction of sp³-hybridized carbons (Fsp3) is 0.286. The van der Waals surface area contributed by atoms with Crippen LogP contribution in [-0.4, -0.2) is 55.2 Å². The van der Waals surface area contributed by atoms with Crippen LogP contribution in [0.5, 0.6) is 5.75 Å². The number of methoxy groups -OCH3 is 1. The van der Waals surface area contributed by atoms with E-state index in [0.29, 0.717) is 16.3 Å². The number of amides is 1. The van der Waals surface area contributed by atoms with Crippen molar-refractivity contribution in [3.05, 3.63) is 57.8 Å². The molecule has 2 N–H and O–H groups in total. The molecule has 2 rings (SSSR count). The number of carbonyl (C=O) groups is 4. The van der Waals surface area contributed by atoms with Crippen LogP contribution in [0.4, 0.5) is 0 Å². The van der Waals surface area contributed by atoms with E-state index in [1.165, 1.54) is 19.2 Å². The number of hydrogen-bond donors (Lipinski definition) is 1. The largest absolute Gasteiger partial charge is 0.482 e. The average molecular weight is 499 g/mol. The predicted octanol–water partition coefficient (Wildman–Crippen LogP) is 1.67. The van der Waals surface area contributed by atoms with Crippen LogP contribution in [0.3, 0.4) is 0 Å². The van der Waals surface area contributed by atoms with E-state index in [1.54, 1.807) is 24.3 Å². The van der Waals surface area contributed by atoms with Crippen molar-refractivity contribution >= 4 is 47.0 Å². The molecule has 10 nitrogen and oxygen atoms in total. The minimum atomic E-state index is -1.29. The Morgan fingerprint density at radius 3 is 2.30 bits per heavy atom. The molecule has 1 atom stereocenters. The van der Waals surface area contributed by atoms with Gasteiger partial charge in [-0.25, -0.2) is 14.6 Å². The molecule has 1 aromatic carbocycles. The second kappa shape index (κ2) is 12.6. The van der Waals surface area contributed by atoms with Gasteiger partial charge in [0.1, 0.15) is 10.9 Å². The molecule has 1 amide bonds. The zero-order valence-corrected chi connectivity index (χ0v) is 18.9. The molecule has 0 aliphatic rings. The second-order valence-corrected chi connectivity index (χ2v) is 7.35. The number of carbonyl (C=O) groups excluding carboxylic acids is 4. The zero-order valence-electron chi connectivity index (χ0n) is 17.4. The van der Waals surface area contributed by atoms with Crippen LogP contribution in [0, 0.1) is 0 Å². The highest BCUT2D eigenvalue weighted by Gasteiger charge is 2.22. The van der Waals surface area contributed by atoms with Crippen LogP contribution in [0.15, 0.2) is 36.4 Å². The molecule has 0 fully saturated rings. The minimum absolute atomic E-state index is 0.0166. The molecule has 0 saturated carbocycles. The van der Waals surface area contributed by atoms with Crippen LogP contribution in [0.1, 0.15) is 11.3 Å². The van der Waals surface area contributed by atoms with Gasteiger partial charge in [-0.15, -0.1) is 0 Å². The summed E-state index contributed by atoms with van der Waals surface area (Å²) in [7, 11) is 1.24. The van der Waals surface area contributed by atoms with E-state index < -0.39 is 36.5 Å². The van der Waals surface area contributed by atoms with Crippen molar-refractivity contribution in [1.82, 2.24) is 4.98 Å². The number of pyridine rings is 1. The van der Waals surface area contributed by atoms with Crippen molar-refractivity contribution in [2.45, 2.75) is 18.9 Å². The number of esters is 3. The molecule has 0 saturated heterocycles. The first-order chi connectivity index (χ1) is 15.7. The van der Waals surface area contributed by atoms with Crippen molar-refractivity contribution in [2.75, 3.05) is 20.3 Å². The monoisotopic (exact) mass is 498 g/mol. The van der Waals surface area contributed by atoms with E-state index in [0.717, 1.165) is 0 Å². The van der Waals surface area contributed by atoms with Crippen molar-refractivity contribution in [3.63, 3.8) is 0 Å². The van der Waals surface area contributed by atoms with Crippen LogP contribution in [-0.2, 0) is 46.2 Å². The quantitative estimate of drug-likeness (QED) is 0.277. The summed E-state index contributed by atoms with van der Waals surface area (Å²) in [6, 6.07) is 9.19. The van der Waals surface area contributed by atoms with Gasteiger partial charge in [-0.1, -0.05) is 35.3 Å². The second-order valence-electron chi connectivity index (χ2n) is 6.53. The lowest BCUT2D eigenvalue weighted by Gasteiger charge is -2.15. The van der Waals surface area contributed by atoms with Gasteiger partial charge in [0.05, 0.1) is 19.2 Å². The van der Waals surface area contributed by atoms with Gasteiger partial charge in [-0.3, -0.25) is 9.59 Å². The highest BCUT2D eigenvalue weighted by atomic mass is 35.5. The van der Waals surface area contributed by atoms with E-state index in [-0.39, 0.29) is 30.3 Å². The summed E-state index contributed by atoms with van der Waals surface area (Å²) in [5.41, 5.74) is 6.19. The minimum Gasteiger partial charge on any atom is -0.482 e. The number of ether oxygens (including phenoxy) is 4. The molecule has 12 heteroatoms. The van der Waals surface area contributed by atoms with Gasteiger partial charge in [0.25, 0.3) is 5.91 Å². The number of halogens is 2. The maximum atomic E-state index is 12.0. The highest BCUT2D eigenvalue weighted by molar-refractivity contribution is 6.33. The Balaban J connectivity index is 1.84. The third kappa shape index (κ3) is 9.34. The number of aromatic nitrogens is 1. The van der Waals surface area contributed by atoms with Gasteiger partial charge < -0.3 is 24.7 Å². The Morgan fingerprint density at radius 1 is 1.00 bits per heavy atom. The van der Waals surface area contributed by atoms with E-state index in [9.17, 15) is 19.2 Å². The SMILES string of the molecule is COC(=O)COc1ccc(CC(OC(=O)COC(=O)Cc2cc(Cl)cc(Cl)n2)C(N)=O)cc1. The molecular weight excluding hydrogens is 479 g/mol. The van der Waals surface area contributed by atoms with Gasteiger partial charge in [0, 0.05) is 11.4 Å². The molecule has 0 spiro atoms. The number of primary amides is 1. The molecule has 1 unspecified atom stereocenters. The fourth-order valence-corrected chi connectivity index (χ4v) is 2.99. The van der Waals surface area contributed by atoms with Crippen molar-refractivity contribution in [1.29, 1.82) is 0 Å². The molecule has 2 aromatic rings. The molecule has 33 heavy (non-hydrogen) atoms.